The normalized spacial score (nSPS) is 11.8. The minimum absolute atomic E-state index is 0.253. The average Bonchev–Trinajstić information content (AvgIpc) is 3.23. The van der Waals surface area contributed by atoms with E-state index in [0.29, 0.717) is 16.6 Å². The molecule has 0 unspecified atom stereocenters. The molecule has 1 heterocycles. The van der Waals surface area contributed by atoms with Gasteiger partial charge in [-0.3, -0.25) is 4.79 Å². The number of halogens is 2. The maximum atomic E-state index is 13.1. The van der Waals surface area contributed by atoms with E-state index in [0.717, 1.165) is 22.9 Å². The van der Waals surface area contributed by atoms with E-state index < -0.39 is 5.25 Å². The molecule has 8 heteroatoms. The molecule has 0 saturated carbocycles. The van der Waals surface area contributed by atoms with Gasteiger partial charge in [0, 0.05) is 16.3 Å². The molecule has 4 aromatic rings. The van der Waals surface area contributed by atoms with Crippen LogP contribution < -0.4 is 5.32 Å². The van der Waals surface area contributed by atoms with Crippen LogP contribution in [0.4, 0.5) is 10.1 Å². The Labute approximate surface area is 181 Å². The Morgan fingerprint density at radius 3 is 2.37 bits per heavy atom. The Kier molecular flexibility index (Phi) is 6.11. The molecule has 1 N–H and O–H groups in total. The second-order valence-electron chi connectivity index (χ2n) is 6.28. The first-order valence-electron chi connectivity index (χ1n) is 8.96. The van der Waals surface area contributed by atoms with Gasteiger partial charge in [0.2, 0.25) is 11.8 Å². The largest absolute Gasteiger partial charge is 0.411 e. The van der Waals surface area contributed by atoms with E-state index in [1.165, 1.54) is 24.3 Å². The maximum Gasteiger partial charge on any atom is 0.277 e. The lowest BCUT2D eigenvalue weighted by molar-refractivity contribution is -0.115. The predicted octanol–water partition coefficient (Wildman–Crippen LogP) is 6.00. The maximum absolute atomic E-state index is 13.1. The van der Waals surface area contributed by atoms with Crippen molar-refractivity contribution < 1.29 is 13.6 Å². The van der Waals surface area contributed by atoms with Gasteiger partial charge in [-0.15, -0.1) is 10.2 Å². The van der Waals surface area contributed by atoms with Crippen molar-refractivity contribution in [3.8, 4) is 11.5 Å². The predicted molar refractivity (Wildman–Crippen MR) is 115 cm³/mol. The van der Waals surface area contributed by atoms with Crippen LogP contribution in [0.2, 0.25) is 5.02 Å². The van der Waals surface area contributed by atoms with Crippen LogP contribution in [0.25, 0.3) is 11.5 Å². The van der Waals surface area contributed by atoms with E-state index >= 15 is 0 Å². The molecule has 150 valence electrons. The molecule has 1 amide bonds. The Balaban J connectivity index is 1.57. The summed E-state index contributed by atoms with van der Waals surface area (Å²) in [6.07, 6.45) is 0. The number of aromatic nitrogens is 2. The number of thioether (sulfide) groups is 1. The average molecular weight is 440 g/mol. The van der Waals surface area contributed by atoms with Gasteiger partial charge >= 0.3 is 0 Å². The van der Waals surface area contributed by atoms with Crippen LogP contribution in [-0.4, -0.2) is 16.1 Å². The SMILES string of the molecule is O=C(Nc1ccc(F)cc1)[C@H](Sc1nnc(-c2ccc(Cl)cc2)o1)c1ccccc1. The van der Waals surface area contributed by atoms with Crippen LogP contribution >= 0.6 is 23.4 Å². The van der Waals surface area contributed by atoms with E-state index in [-0.39, 0.29) is 16.9 Å². The highest BCUT2D eigenvalue weighted by Gasteiger charge is 2.25. The molecule has 0 saturated heterocycles. The molecule has 0 aliphatic carbocycles. The van der Waals surface area contributed by atoms with Gasteiger partial charge in [-0.2, -0.15) is 0 Å². The number of amides is 1. The second-order valence-corrected chi connectivity index (χ2v) is 7.78. The number of nitrogens with zero attached hydrogens (tertiary/aromatic N) is 2. The van der Waals surface area contributed by atoms with E-state index in [2.05, 4.69) is 15.5 Å². The molecule has 30 heavy (non-hydrogen) atoms. The lowest BCUT2D eigenvalue weighted by Gasteiger charge is -2.15. The molecule has 1 aromatic heterocycles. The third-order valence-electron chi connectivity index (χ3n) is 4.17. The fourth-order valence-electron chi connectivity index (χ4n) is 2.71. The highest BCUT2D eigenvalue weighted by atomic mass is 35.5. The lowest BCUT2D eigenvalue weighted by Crippen LogP contribution is -2.19. The van der Waals surface area contributed by atoms with E-state index in [1.54, 1.807) is 24.3 Å². The molecule has 0 fully saturated rings. The van der Waals surface area contributed by atoms with Crippen molar-refractivity contribution >= 4 is 35.0 Å². The summed E-state index contributed by atoms with van der Waals surface area (Å²) in [5.74, 6) is -0.327. The smallest absolute Gasteiger partial charge is 0.277 e. The molecule has 1 atom stereocenters. The van der Waals surface area contributed by atoms with Gasteiger partial charge in [-0.25, -0.2) is 4.39 Å². The topological polar surface area (TPSA) is 68.0 Å². The Bertz CT molecular complexity index is 1140. The second kappa shape index (κ2) is 9.11. The number of hydrogen-bond acceptors (Lipinski definition) is 5. The number of anilines is 1. The van der Waals surface area contributed by atoms with Crippen molar-refractivity contribution in [3.63, 3.8) is 0 Å². The van der Waals surface area contributed by atoms with Gasteiger partial charge in [-0.05, 0) is 65.9 Å². The third-order valence-corrected chi connectivity index (χ3v) is 5.51. The Hall–Kier alpha value is -3.16. The Morgan fingerprint density at radius 2 is 1.67 bits per heavy atom. The summed E-state index contributed by atoms with van der Waals surface area (Å²) < 4.78 is 18.9. The summed E-state index contributed by atoms with van der Waals surface area (Å²) in [5.41, 5.74) is 1.99. The zero-order chi connectivity index (χ0) is 20.9. The first-order chi connectivity index (χ1) is 14.6. The van der Waals surface area contributed by atoms with Crippen molar-refractivity contribution in [3.05, 3.63) is 95.3 Å². The molecular weight excluding hydrogens is 425 g/mol. The number of benzene rings is 3. The van der Waals surface area contributed by atoms with Crippen LogP contribution in [-0.2, 0) is 4.79 Å². The molecule has 0 radical (unpaired) electrons. The van der Waals surface area contributed by atoms with Crippen LogP contribution in [0.15, 0.2) is 88.5 Å². The molecule has 0 spiro atoms. The van der Waals surface area contributed by atoms with Crippen molar-refractivity contribution in [2.24, 2.45) is 0 Å². The number of carbonyl (C=O) groups is 1. The molecular formula is C22H15ClFN3O2S. The van der Waals surface area contributed by atoms with Crippen LogP contribution in [0.3, 0.4) is 0 Å². The lowest BCUT2D eigenvalue weighted by atomic mass is 10.1. The zero-order valence-corrected chi connectivity index (χ0v) is 17.0. The summed E-state index contributed by atoms with van der Waals surface area (Å²) in [5, 5.41) is 11.1. The Morgan fingerprint density at radius 1 is 0.967 bits per heavy atom. The van der Waals surface area contributed by atoms with Crippen molar-refractivity contribution in [2.45, 2.75) is 10.5 Å². The summed E-state index contributed by atoms with van der Waals surface area (Å²) in [7, 11) is 0. The number of hydrogen-bond donors (Lipinski definition) is 1. The molecule has 0 aliphatic heterocycles. The van der Waals surface area contributed by atoms with Gasteiger partial charge in [0.25, 0.3) is 5.22 Å². The van der Waals surface area contributed by atoms with Gasteiger partial charge in [0.1, 0.15) is 11.1 Å². The first-order valence-corrected chi connectivity index (χ1v) is 10.2. The van der Waals surface area contributed by atoms with E-state index in [1.807, 2.05) is 30.3 Å². The summed E-state index contributed by atoms with van der Waals surface area (Å²) in [6, 6.07) is 21.9. The fourth-order valence-corrected chi connectivity index (χ4v) is 3.71. The standard InChI is InChI=1S/C22H15ClFN3O2S/c23-16-8-6-15(7-9-16)21-26-27-22(29-21)30-19(14-4-2-1-3-5-14)20(28)25-18-12-10-17(24)11-13-18/h1-13,19H,(H,25,28)/t19-/m1/s1. The van der Waals surface area contributed by atoms with E-state index in [4.69, 9.17) is 16.0 Å². The summed E-state index contributed by atoms with van der Waals surface area (Å²) in [4.78, 5) is 13.0. The number of nitrogens with one attached hydrogen (secondary N) is 1. The fraction of sp³-hybridized carbons (Fsp3) is 0.0455. The first kappa shape index (κ1) is 20.1. The molecule has 0 aliphatic rings. The monoisotopic (exact) mass is 439 g/mol. The number of rotatable bonds is 6. The molecule has 5 nitrogen and oxygen atoms in total. The summed E-state index contributed by atoms with van der Waals surface area (Å²) in [6.45, 7) is 0. The molecule has 4 rings (SSSR count). The van der Waals surface area contributed by atoms with Gasteiger partial charge in [-0.1, -0.05) is 41.9 Å². The van der Waals surface area contributed by atoms with Gasteiger partial charge in [0.15, 0.2) is 0 Å². The van der Waals surface area contributed by atoms with Crippen molar-refractivity contribution in [1.82, 2.24) is 10.2 Å². The number of carbonyl (C=O) groups excluding carboxylic acids is 1. The van der Waals surface area contributed by atoms with Crippen LogP contribution in [0, 0.1) is 5.82 Å². The molecule has 3 aromatic carbocycles. The third kappa shape index (κ3) is 4.87. The van der Waals surface area contributed by atoms with Crippen molar-refractivity contribution in [2.75, 3.05) is 5.32 Å². The molecule has 0 bridgehead atoms. The van der Waals surface area contributed by atoms with Gasteiger partial charge < -0.3 is 9.73 Å². The summed E-state index contributed by atoms with van der Waals surface area (Å²) >= 11 is 7.05. The quantitative estimate of drug-likeness (QED) is 0.373. The van der Waals surface area contributed by atoms with E-state index in [9.17, 15) is 9.18 Å². The zero-order valence-electron chi connectivity index (χ0n) is 15.5. The van der Waals surface area contributed by atoms with Crippen LogP contribution in [0.5, 0.6) is 0 Å². The highest BCUT2D eigenvalue weighted by Crippen LogP contribution is 2.36. The minimum Gasteiger partial charge on any atom is -0.411 e. The van der Waals surface area contributed by atoms with Gasteiger partial charge in [0.05, 0.1) is 0 Å². The van der Waals surface area contributed by atoms with Crippen molar-refractivity contribution in [1.29, 1.82) is 0 Å². The van der Waals surface area contributed by atoms with Crippen LogP contribution in [0.1, 0.15) is 10.8 Å². The minimum atomic E-state index is -0.644. The highest BCUT2D eigenvalue weighted by molar-refractivity contribution is 8.00.